The maximum absolute atomic E-state index is 11.1. The fourth-order valence-corrected chi connectivity index (χ4v) is 2.19. The molecule has 1 aromatic rings. The van der Waals surface area contributed by atoms with Gasteiger partial charge >= 0.3 is 5.97 Å². The fraction of sp³-hybridized carbons (Fsp3) is 0.462. The van der Waals surface area contributed by atoms with Gasteiger partial charge < -0.3 is 10.1 Å². The van der Waals surface area contributed by atoms with E-state index in [4.69, 9.17) is 4.74 Å². The zero-order valence-electron chi connectivity index (χ0n) is 9.87. The van der Waals surface area contributed by atoms with Crippen molar-refractivity contribution in [1.29, 1.82) is 0 Å². The summed E-state index contributed by atoms with van der Waals surface area (Å²) in [4.78, 5) is 11.1. The van der Waals surface area contributed by atoms with Crippen LogP contribution < -0.4 is 10.1 Å². The molecule has 4 heteroatoms. The first-order chi connectivity index (χ1) is 8.29. The molecule has 1 aromatic carbocycles. The Kier molecular flexibility index (Phi) is 4.38. The standard InChI is InChI=1S/C13H18NO2P/c15-13-6-3-10-9-11(4-5-12(10)16-13)14-7-1-2-8-17/h4-5,9,14H,1-3,6-8,17H2. The molecular formula is C13H18NO2P. The summed E-state index contributed by atoms with van der Waals surface area (Å²) in [7, 11) is 2.74. The monoisotopic (exact) mass is 251 g/mol. The number of hydrogen-bond acceptors (Lipinski definition) is 3. The Labute approximate surface area is 104 Å². The van der Waals surface area contributed by atoms with Gasteiger partial charge in [-0.15, -0.1) is 9.24 Å². The third-order valence-electron chi connectivity index (χ3n) is 2.84. The van der Waals surface area contributed by atoms with Gasteiger partial charge in [-0.25, -0.2) is 0 Å². The smallest absolute Gasteiger partial charge is 0.311 e. The molecule has 1 aliphatic rings. The van der Waals surface area contributed by atoms with E-state index in [0.717, 1.165) is 36.1 Å². The molecule has 2 rings (SSSR count). The second-order valence-electron chi connectivity index (χ2n) is 4.22. The quantitative estimate of drug-likeness (QED) is 0.378. The van der Waals surface area contributed by atoms with Gasteiger partial charge in [-0.1, -0.05) is 0 Å². The van der Waals surface area contributed by atoms with Crippen molar-refractivity contribution in [3.8, 4) is 5.75 Å². The van der Waals surface area contributed by atoms with E-state index in [9.17, 15) is 4.79 Å². The summed E-state index contributed by atoms with van der Waals surface area (Å²) in [5.41, 5.74) is 2.24. The van der Waals surface area contributed by atoms with E-state index >= 15 is 0 Å². The average molecular weight is 251 g/mol. The van der Waals surface area contributed by atoms with Gasteiger partial charge in [0.15, 0.2) is 0 Å². The molecule has 0 saturated carbocycles. The van der Waals surface area contributed by atoms with Crippen molar-refractivity contribution < 1.29 is 9.53 Å². The fourth-order valence-electron chi connectivity index (χ4n) is 1.90. The molecular weight excluding hydrogens is 233 g/mol. The molecule has 0 aromatic heterocycles. The van der Waals surface area contributed by atoms with Gasteiger partial charge in [0.1, 0.15) is 5.75 Å². The van der Waals surface area contributed by atoms with Gasteiger partial charge in [0.05, 0.1) is 6.42 Å². The Morgan fingerprint density at radius 1 is 1.29 bits per heavy atom. The Morgan fingerprint density at radius 3 is 3.00 bits per heavy atom. The van der Waals surface area contributed by atoms with Gasteiger partial charge in [0.2, 0.25) is 0 Å². The second kappa shape index (κ2) is 6.02. The number of anilines is 1. The maximum Gasteiger partial charge on any atom is 0.311 e. The number of rotatable bonds is 5. The molecule has 0 saturated heterocycles. The largest absolute Gasteiger partial charge is 0.426 e. The zero-order chi connectivity index (χ0) is 12.1. The van der Waals surface area contributed by atoms with E-state index in [1.165, 1.54) is 12.8 Å². The van der Waals surface area contributed by atoms with Crippen LogP contribution in [0.1, 0.15) is 24.8 Å². The van der Waals surface area contributed by atoms with Crippen molar-refractivity contribution in [2.24, 2.45) is 0 Å². The van der Waals surface area contributed by atoms with E-state index in [2.05, 4.69) is 20.6 Å². The van der Waals surface area contributed by atoms with Gasteiger partial charge in [0.25, 0.3) is 0 Å². The molecule has 1 atom stereocenters. The Balaban J connectivity index is 1.94. The van der Waals surface area contributed by atoms with Crippen molar-refractivity contribution in [2.45, 2.75) is 25.7 Å². The van der Waals surface area contributed by atoms with Gasteiger partial charge in [0, 0.05) is 12.2 Å². The lowest BCUT2D eigenvalue weighted by Gasteiger charge is -2.16. The SMILES string of the molecule is O=C1CCc2cc(NCCCCP)ccc2O1. The number of ether oxygens (including phenoxy) is 1. The molecule has 3 nitrogen and oxygen atoms in total. The van der Waals surface area contributed by atoms with Crippen LogP contribution in [0.25, 0.3) is 0 Å². The second-order valence-corrected chi connectivity index (χ2v) is 4.80. The van der Waals surface area contributed by atoms with Crippen LogP contribution in [0.3, 0.4) is 0 Å². The topological polar surface area (TPSA) is 38.3 Å². The summed E-state index contributed by atoms with van der Waals surface area (Å²) in [6, 6.07) is 5.94. The van der Waals surface area contributed by atoms with Crippen molar-refractivity contribution >= 4 is 20.9 Å². The number of carbonyl (C=O) groups is 1. The average Bonchev–Trinajstić information content (AvgIpc) is 2.35. The lowest BCUT2D eigenvalue weighted by molar-refractivity contribution is -0.135. The highest BCUT2D eigenvalue weighted by atomic mass is 31.0. The summed E-state index contributed by atoms with van der Waals surface area (Å²) in [5.74, 6) is 0.593. The number of nitrogens with one attached hydrogen (secondary N) is 1. The molecule has 0 fully saturated rings. The summed E-state index contributed by atoms with van der Waals surface area (Å²) in [6.45, 7) is 0.993. The maximum atomic E-state index is 11.1. The molecule has 17 heavy (non-hydrogen) atoms. The summed E-state index contributed by atoms with van der Waals surface area (Å²) in [5, 5.41) is 3.39. The lowest BCUT2D eigenvalue weighted by atomic mass is 10.1. The molecule has 92 valence electrons. The predicted octanol–water partition coefficient (Wildman–Crippen LogP) is 2.61. The van der Waals surface area contributed by atoms with Crippen LogP contribution in [-0.4, -0.2) is 18.7 Å². The van der Waals surface area contributed by atoms with E-state index < -0.39 is 0 Å². The van der Waals surface area contributed by atoms with Crippen LogP contribution in [0.4, 0.5) is 5.69 Å². The van der Waals surface area contributed by atoms with Crippen molar-refractivity contribution in [2.75, 3.05) is 18.0 Å². The summed E-state index contributed by atoms with van der Waals surface area (Å²) < 4.78 is 5.16. The molecule has 1 aliphatic heterocycles. The molecule has 0 aliphatic carbocycles. The highest BCUT2D eigenvalue weighted by molar-refractivity contribution is 7.16. The first-order valence-corrected chi connectivity index (χ1v) is 6.89. The third-order valence-corrected chi connectivity index (χ3v) is 3.25. The minimum absolute atomic E-state index is 0.126. The Bertz CT molecular complexity index is 406. The number of aryl methyl sites for hydroxylation is 1. The zero-order valence-corrected chi connectivity index (χ0v) is 11.0. The molecule has 1 heterocycles. The number of hydrogen-bond donors (Lipinski definition) is 1. The third kappa shape index (κ3) is 3.44. The van der Waals surface area contributed by atoms with Gasteiger partial charge in [-0.3, -0.25) is 4.79 Å². The molecule has 1 N–H and O–H groups in total. The van der Waals surface area contributed by atoms with Crippen molar-refractivity contribution in [3.05, 3.63) is 23.8 Å². The van der Waals surface area contributed by atoms with Crippen LogP contribution in [0.2, 0.25) is 0 Å². The summed E-state index contributed by atoms with van der Waals surface area (Å²) in [6.07, 6.45) is 4.83. The first-order valence-electron chi connectivity index (χ1n) is 6.07. The number of esters is 1. The molecule has 0 bridgehead atoms. The highest BCUT2D eigenvalue weighted by Crippen LogP contribution is 2.27. The van der Waals surface area contributed by atoms with Crippen molar-refractivity contribution in [3.63, 3.8) is 0 Å². The Hall–Kier alpha value is -1.08. The molecule has 0 amide bonds. The molecule has 0 spiro atoms. The van der Waals surface area contributed by atoms with Gasteiger partial charge in [-0.2, -0.15) is 0 Å². The Morgan fingerprint density at radius 2 is 2.18 bits per heavy atom. The highest BCUT2D eigenvalue weighted by Gasteiger charge is 2.16. The molecule has 1 unspecified atom stereocenters. The van der Waals surface area contributed by atoms with Crippen LogP contribution in [0, 0.1) is 0 Å². The van der Waals surface area contributed by atoms with Crippen LogP contribution in [-0.2, 0) is 11.2 Å². The molecule has 0 radical (unpaired) electrons. The minimum atomic E-state index is -0.126. The van der Waals surface area contributed by atoms with E-state index in [0.29, 0.717) is 6.42 Å². The number of benzene rings is 1. The van der Waals surface area contributed by atoms with Crippen molar-refractivity contribution in [1.82, 2.24) is 0 Å². The van der Waals surface area contributed by atoms with E-state index in [1.54, 1.807) is 0 Å². The van der Waals surface area contributed by atoms with Crippen LogP contribution >= 0.6 is 9.24 Å². The number of carbonyl (C=O) groups excluding carboxylic acids is 1. The van der Waals surface area contributed by atoms with Crippen LogP contribution in [0.15, 0.2) is 18.2 Å². The lowest BCUT2D eigenvalue weighted by Crippen LogP contribution is -2.16. The summed E-state index contributed by atoms with van der Waals surface area (Å²) >= 11 is 0. The number of fused-ring (bicyclic) bond motifs is 1. The van der Waals surface area contributed by atoms with E-state index in [1.807, 2.05) is 12.1 Å². The minimum Gasteiger partial charge on any atom is -0.426 e. The number of unbranched alkanes of at least 4 members (excludes halogenated alkanes) is 1. The van der Waals surface area contributed by atoms with Gasteiger partial charge in [-0.05, 0) is 49.2 Å². The predicted molar refractivity (Wildman–Crippen MR) is 72.7 cm³/mol. The van der Waals surface area contributed by atoms with Crippen LogP contribution in [0.5, 0.6) is 5.75 Å². The normalized spacial score (nSPS) is 14.1. The first kappa shape index (κ1) is 12.4. The van der Waals surface area contributed by atoms with E-state index in [-0.39, 0.29) is 5.97 Å².